The molecule has 1 unspecified atom stereocenters. The SMILES string of the molecule is CCC(C(=O)Nc1ccc(C#N)cn1)[C@H]1[C@@H]2C[C@H](Oc3ccnc4ccc(F)cc34)C[C@@H]21. The summed E-state index contributed by atoms with van der Waals surface area (Å²) in [7, 11) is 0. The predicted molar refractivity (Wildman–Crippen MR) is 117 cm³/mol. The number of carbonyl (C=O) groups is 1. The molecule has 5 rings (SSSR count). The topological polar surface area (TPSA) is 87.9 Å². The molecule has 0 aliphatic heterocycles. The van der Waals surface area contributed by atoms with Crippen molar-refractivity contribution in [1.29, 1.82) is 5.26 Å². The van der Waals surface area contributed by atoms with Crippen molar-refractivity contribution in [1.82, 2.24) is 9.97 Å². The highest BCUT2D eigenvalue weighted by molar-refractivity contribution is 5.92. The van der Waals surface area contributed by atoms with E-state index >= 15 is 0 Å². The molecule has 0 bridgehead atoms. The van der Waals surface area contributed by atoms with E-state index in [0.717, 1.165) is 19.3 Å². The van der Waals surface area contributed by atoms with Gasteiger partial charge in [0.15, 0.2) is 0 Å². The van der Waals surface area contributed by atoms with E-state index in [1.165, 1.54) is 18.3 Å². The summed E-state index contributed by atoms with van der Waals surface area (Å²) in [6.07, 6.45) is 5.76. The number of nitrogens with one attached hydrogen (secondary N) is 1. The molecule has 2 aromatic heterocycles. The summed E-state index contributed by atoms with van der Waals surface area (Å²) >= 11 is 0. The van der Waals surface area contributed by atoms with E-state index < -0.39 is 0 Å². The molecule has 1 N–H and O–H groups in total. The van der Waals surface area contributed by atoms with Crippen molar-refractivity contribution >= 4 is 22.6 Å². The Hall–Kier alpha value is -3.53. The molecule has 3 aromatic rings. The largest absolute Gasteiger partial charge is 0.490 e. The molecular formula is C25H23FN4O2. The third-order valence-electron chi connectivity index (χ3n) is 6.81. The van der Waals surface area contributed by atoms with E-state index in [9.17, 15) is 9.18 Å². The number of anilines is 1. The Kier molecular flexibility index (Phi) is 5.22. The lowest BCUT2D eigenvalue weighted by atomic mass is 9.93. The van der Waals surface area contributed by atoms with Crippen molar-refractivity contribution in [3.8, 4) is 11.8 Å². The monoisotopic (exact) mass is 430 g/mol. The number of fused-ring (bicyclic) bond motifs is 2. The zero-order valence-electron chi connectivity index (χ0n) is 17.7. The lowest BCUT2D eigenvalue weighted by Gasteiger charge is -2.21. The number of nitrogens with zero attached hydrogens (tertiary/aromatic N) is 3. The molecule has 6 nitrogen and oxygen atoms in total. The van der Waals surface area contributed by atoms with Crippen LogP contribution in [-0.2, 0) is 4.79 Å². The van der Waals surface area contributed by atoms with Crippen LogP contribution in [-0.4, -0.2) is 22.0 Å². The summed E-state index contributed by atoms with van der Waals surface area (Å²) in [5.74, 6) is 2.02. The molecule has 2 saturated carbocycles. The highest BCUT2D eigenvalue weighted by atomic mass is 19.1. The van der Waals surface area contributed by atoms with E-state index in [1.54, 1.807) is 30.5 Å². The minimum Gasteiger partial charge on any atom is -0.490 e. The first kappa shape index (κ1) is 20.4. The van der Waals surface area contributed by atoms with Crippen LogP contribution in [0.5, 0.6) is 5.75 Å². The molecule has 2 fully saturated rings. The Morgan fingerprint density at radius 1 is 1.25 bits per heavy atom. The Labute approximate surface area is 185 Å². The molecule has 2 heterocycles. The summed E-state index contributed by atoms with van der Waals surface area (Å²) in [6.45, 7) is 2.04. The average Bonchev–Trinajstić information content (AvgIpc) is 3.27. The molecule has 5 atom stereocenters. The molecule has 0 saturated heterocycles. The number of hydrogen-bond donors (Lipinski definition) is 1. The van der Waals surface area contributed by atoms with Gasteiger partial charge in [-0.1, -0.05) is 6.92 Å². The molecule has 0 spiro atoms. The molecular weight excluding hydrogens is 407 g/mol. The van der Waals surface area contributed by atoms with Gasteiger partial charge in [0, 0.05) is 23.7 Å². The molecule has 2 aliphatic rings. The van der Waals surface area contributed by atoms with Crippen LogP contribution in [0.25, 0.3) is 10.9 Å². The fraction of sp³-hybridized carbons (Fsp3) is 0.360. The van der Waals surface area contributed by atoms with Crippen LogP contribution in [0.1, 0.15) is 31.7 Å². The van der Waals surface area contributed by atoms with E-state index in [0.29, 0.717) is 45.8 Å². The fourth-order valence-electron chi connectivity index (χ4n) is 5.30. The highest BCUT2D eigenvalue weighted by Gasteiger charge is 2.60. The summed E-state index contributed by atoms with van der Waals surface area (Å²) in [6, 6.07) is 11.6. The van der Waals surface area contributed by atoms with Gasteiger partial charge in [0.25, 0.3) is 0 Å². The number of rotatable bonds is 6. The third-order valence-corrected chi connectivity index (χ3v) is 6.81. The summed E-state index contributed by atoms with van der Waals surface area (Å²) in [5, 5.41) is 12.5. The van der Waals surface area contributed by atoms with Gasteiger partial charge in [-0.2, -0.15) is 5.26 Å². The molecule has 1 amide bonds. The van der Waals surface area contributed by atoms with Crippen molar-refractivity contribution in [3.63, 3.8) is 0 Å². The quantitative estimate of drug-likeness (QED) is 0.612. The van der Waals surface area contributed by atoms with Gasteiger partial charge in [-0.15, -0.1) is 0 Å². The van der Waals surface area contributed by atoms with Crippen molar-refractivity contribution < 1.29 is 13.9 Å². The van der Waals surface area contributed by atoms with E-state index in [-0.39, 0.29) is 23.7 Å². The van der Waals surface area contributed by atoms with E-state index in [4.69, 9.17) is 10.00 Å². The number of hydrogen-bond acceptors (Lipinski definition) is 5. The van der Waals surface area contributed by atoms with Crippen LogP contribution in [0.4, 0.5) is 10.2 Å². The smallest absolute Gasteiger partial charge is 0.228 e. The zero-order valence-corrected chi connectivity index (χ0v) is 17.7. The van der Waals surface area contributed by atoms with E-state index in [2.05, 4.69) is 15.3 Å². The van der Waals surface area contributed by atoms with Crippen LogP contribution < -0.4 is 10.1 Å². The molecule has 7 heteroatoms. The van der Waals surface area contributed by atoms with Crippen LogP contribution in [0.2, 0.25) is 0 Å². The first-order valence-electron chi connectivity index (χ1n) is 10.9. The van der Waals surface area contributed by atoms with Gasteiger partial charge < -0.3 is 10.1 Å². The zero-order chi connectivity index (χ0) is 22.2. The summed E-state index contributed by atoms with van der Waals surface area (Å²) in [5.41, 5.74) is 1.17. The van der Waals surface area contributed by atoms with Gasteiger partial charge in [-0.3, -0.25) is 9.78 Å². The second kappa shape index (κ2) is 8.19. The second-order valence-electron chi connectivity index (χ2n) is 8.63. The Balaban J connectivity index is 1.21. The van der Waals surface area contributed by atoms with Gasteiger partial charge in [-0.25, -0.2) is 9.37 Å². The molecule has 0 radical (unpaired) electrons. The van der Waals surface area contributed by atoms with Gasteiger partial charge >= 0.3 is 0 Å². The minimum absolute atomic E-state index is 0.0165. The average molecular weight is 430 g/mol. The summed E-state index contributed by atoms with van der Waals surface area (Å²) < 4.78 is 19.9. The van der Waals surface area contributed by atoms with Crippen molar-refractivity contribution in [2.45, 2.75) is 32.3 Å². The number of carbonyl (C=O) groups excluding carboxylic acids is 1. The highest BCUT2D eigenvalue weighted by Crippen LogP contribution is 2.62. The predicted octanol–water partition coefficient (Wildman–Crippen LogP) is 4.71. The van der Waals surface area contributed by atoms with Gasteiger partial charge in [0.05, 0.1) is 17.2 Å². The number of pyridine rings is 2. The Bertz CT molecular complexity index is 1190. The minimum atomic E-state index is -0.307. The van der Waals surface area contributed by atoms with E-state index in [1.807, 2.05) is 13.0 Å². The normalized spacial score (nSPS) is 24.4. The summed E-state index contributed by atoms with van der Waals surface area (Å²) in [4.78, 5) is 21.3. The lowest BCUT2D eigenvalue weighted by Crippen LogP contribution is -2.27. The number of aromatic nitrogens is 2. The van der Waals surface area contributed by atoms with Crippen LogP contribution in [0.15, 0.2) is 48.8 Å². The van der Waals surface area contributed by atoms with Crippen LogP contribution >= 0.6 is 0 Å². The van der Waals surface area contributed by atoms with Crippen molar-refractivity contribution in [2.24, 2.45) is 23.7 Å². The van der Waals surface area contributed by atoms with Crippen molar-refractivity contribution in [2.75, 3.05) is 5.32 Å². The van der Waals surface area contributed by atoms with Crippen LogP contribution in [0, 0.1) is 40.8 Å². The number of halogens is 1. The maximum atomic E-state index is 13.7. The molecule has 1 aromatic carbocycles. The first-order valence-corrected chi connectivity index (χ1v) is 10.9. The molecule has 32 heavy (non-hydrogen) atoms. The third kappa shape index (κ3) is 3.77. The first-order chi connectivity index (χ1) is 15.6. The second-order valence-corrected chi connectivity index (χ2v) is 8.63. The van der Waals surface area contributed by atoms with Gasteiger partial charge in [0.1, 0.15) is 23.5 Å². The van der Waals surface area contributed by atoms with Gasteiger partial charge in [0.2, 0.25) is 5.91 Å². The maximum Gasteiger partial charge on any atom is 0.228 e. The lowest BCUT2D eigenvalue weighted by molar-refractivity contribution is -0.121. The molecule has 162 valence electrons. The fourth-order valence-corrected chi connectivity index (χ4v) is 5.30. The maximum absolute atomic E-state index is 13.7. The Morgan fingerprint density at radius 3 is 2.75 bits per heavy atom. The number of amides is 1. The standard InChI is InChI=1S/C25H23FN4O2/c1-2-17(25(31)30-23-6-3-14(12-27)13-29-23)24-18-10-16(11-19(18)24)32-22-7-8-28-21-5-4-15(26)9-20(21)22/h3-9,13,16-19,24H,2,10-11H2,1H3,(H,29,30,31)/t16-,17?,18+,19-,24-. The Morgan fingerprint density at radius 2 is 2.06 bits per heavy atom. The number of benzene rings is 1. The number of nitriles is 1. The van der Waals surface area contributed by atoms with Gasteiger partial charge in [-0.05, 0) is 73.4 Å². The van der Waals surface area contributed by atoms with Crippen molar-refractivity contribution in [3.05, 3.63) is 60.2 Å². The number of ether oxygens (including phenoxy) is 1. The molecule has 2 aliphatic carbocycles. The van der Waals surface area contributed by atoms with Crippen LogP contribution in [0.3, 0.4) is 0 Å².